The van der Waals surface area contributed by atoms with Crippen molar-refractivity contribution in [2.45, 2.75) is 39.3 Å². The molecule has 0 aromatic heterocycles. The first-order chi connectivity index (χ1) is 6.52. The van der Waals surface area contributed by atoms with Gasteiger partial charge in [-0.1, -0.05) is 19.1 Å². The third kappa shape index (κ3) is 2.80. The number of hydrogen-bond acceptors (Lipinski definition) is 3. The Bertz CT molecular complexity index is 205. The van der Waals surface area contributed by atoms with Crippen molar-refractivity contribution in [1.82, 2.24) is 5.06 Å². The average Bonchev–Trinajstić information content (AvgIpc) is 2.13. The molecular formula is C11H22N2O. The van der Waals surface area contributed by atoms with Gasteiger partial charge in [-0.15, -0.1) is 0 Å². The SMILES string of the molecule is C=C(C)CON1CCC(N)C(C)C1C. The van der Waals surface area contributed by atoms with E-state index in [2.05, 4.69) is 20.4 Å². The molecule has 3 heteroatoms. The average molecular weight is 198 g/mol. The maximum absolute atomic E-state index is 5.99. The molecule has 0 saturated carbocycles. The molecule has 1 fully saturated rings. The van der Waals surface area contributed by atoms with Crippen LogP contribution >= 0.6 is 0 Å². The number of nitrogens with zero attached hydrogens (tertiary/aromatic N) is 1. The van der Waals surface area contributed by atoms with Crippen LogP contribution in [0.2, 0.25) is 0 Å². The monoisotopic (exact) mass is 198 g/mol. The van der Waals surface area contributed by atoms with E-state index in [9.17, 15) is 0 Å². The molecule has 0 aromatic rings. The van der Waals surface area contributed by atoms with Gasteiger partial charge in [0.05, 0.1) is 6.61 Å². The summed E-state index contributed by atoms with van der Waals surface area (Å²) in [7, 11) is 0. The van der Waals surface area contributed by atoms with Crippen molar-refractivity contribution in [3.63, 3.8) is 0 Å². The Balaban J connectivity index is 2.42. The number of hydroxylamine groups is 2. The van der Waals surface area contributed by atoms with Crippen molar-refractivity contribution in [3.8, 4) is 0 Å². The van der Waals surface area contributed by atoms with Crippen LogP contribution in [0.5, 0.6) is 0 Å². The van der Waals surface area contributed by atoms with Gasteiger partial charge in [0.15, 0.2) is 0 Å². The van der Waals surface area contributed by atoms with Crippen molar-refractivity contribution in [2.24, 2.45) is 11.7 Å². The van der Waals surface area contributed by atoms with Crippen molar-refractivity contribution in [2.75, 3.05) is 13.2 Å². The lowest BCUT2D eigenvalue weighted by molar-refractivity contribution is -0.200. The van der Waals surface area contributed by atoms with Crippen molar-refractivity contribution >= 4 is 0 Å². The molecule has 2 N–H and O–H groups in total. The lowest BCUT2D eigenvalue weighted by Crippen LogP contribution is -2.51. The van der Waals surface area contributed by atoms with E-state index in [-0.39, 0.29) is 0 Å². The topological polar surface area (TPSA) is 38.5 Å². The van der Waals surface area contributed by atoms with Crippen LogP contribution in [0.3, 0.4) is 0 Å². The first-order valence-corrected chi connectivity index (χ1v) is 5.32. The fraction of sp³-hybridized carbons (Fsp3) is 0.818. The van der Waals surface area contributed by atoms with E-state index in [1.165, 1.54) is 0 Å². The summed E-state index contributed by atoms with van der Waals surface area (Å²) in [5.74, 6) is 0.494. The van der Waals surface area contributed by atoms with E-state index >= 15 is 0 Å². The van der Waals surface area contributed by atoms with E-state index in [0.29, 0.717) is 24.6 Å². The smallest absolute Gasteiger partial charge is 0.0890 e. The molecule has 1 aliphatic heterocycles. The molecule has 14 heavy (non-hydrogen) atoms. The van der Waals surface area contributed by atoms with E-state index < -0.39 is 0 Å². The third-order valence-electron chi connectivity index (χ3n) is 3.05. The van der Waals surface area contributed by atoms with E-state index in [0.717, 1.165) is 18.5 Å². The molecule has 3 atom stereocenters. The first-order valence-electron chi connectivity index (χ1n) is 5.32. The Morgan fingerprint density at radius 1 is 1.57 bits per heavy atom. The van der Waals surface area contributed by atoms with Crippen LogP contribution in [0.1, 0.15) is 27.2 Å². The molecule has 82 valence electrons. The van der Waals surface area contributed by atoms with Gasteiger partial charge in [0.25, 0.3) is 0 Å². The van der Waals surface area contributed by atoms with E-state index in [4.69, 9.17) is 10.6 Å². The summed E-state index contributed by atoms with van der Waals surface area (Å²) in [5.41, 5.74) is 7.04. The summed E-state index contributed by atoms with van der Waals surface area (Å²) in [6.07, 6.45) is 1.02. The zero-order chi connectivity index (χ0) is 10.7. The van der Waals surface area contributed by atoms with Crippen LogP contribution < -0.4 is 5.73 Å². The Morgan fingerprint density at radius 3 is 2.79 bits per heavy atom. The maximum atomic E-state index is 5.99. The molecule has 3 nitrogen and oxygen atoms in total. The highest BCUT2D eigenvalue weighted by Crippen LogP contribution is 2.22. The fourth-order valence-electron chi connectivity index (χ4n) is 1.74. The Labute approximate surface area is 86.9 Å². The van der Waals surface area contributed by atoms with Gasteiger partial charge >= 0.3 is 0 Å². The first kappa shape index (κ1) is 11.7. The van der Waals surface area contributed by atoms with Crippen LogP contribution in [0, 0.1) is 5.92 Å². The second-order valence-corrected chi connectivity index (χ2v) is 4.42. The summed E-state index contributed by atoms with van der Waals surface area (Å²) in [6, 6.07) is 0.716. The van der Waals surface area contributed by atoms with Gasteiger partial charge in [-0.25, -0.2) is 0 Å². The molecule has 0 aliphatic carbocycles. The lowest BCUT2D eigenvalue weighted by Gasteiger charge is -2.40. The van der Waals surface area contributed by atoms with Gasteiger partial charge in [-0.05, 0) is 26.2 Å². The Morgan fingerprint density at radius 2 is 2.21 bits per heavy atom. The van der Waals surface area contributed by atoms with Gasteiger partial charge in [0, 0.05) is 18.6 Å². The third-order valence-corrected chi connectivity index (χ3v) is 3.05. The summed E-state index contributed by atoms with van der Waals surface area (Å²) >= 11 is 0. The highest BCUT2D eigenvalue weighted by molar-refractivity contribution is 4.88. The van der Waals surface area contributed by atoms with Crippen LogP contribution in [-0.2, 0) is 4.84 Å². The highest BCUT2D eigenvalue weighted by atomic mass is 16.7. The Hall–Kier alpha value is -0.380. The van der Waals surface area contributed by atoms with Crippen LogP contribution in [0.25, 0.3) is 0 Å². The minimum Gasteiger partial charge on any atom is -0.327 e. The standard InChI is InChI=1S/C11H22N2O/c1-8(2)7-14-13-6-5-11(12)9(3)10(13)4/h9-11H,1,5-7,12H2,2-4H3. The zero-order valence-corrected chi connectivity index (χ0v) is 9.49. The Kier molecular flexibility index (Phi) is 4.11. The summed E-state index contributed by atoms with van der Waals surface area (Å²) in [6.45, 7) is 11.7. The van der Waals surface area contributed by atoms with E-state index in [1.54, 1.807) is 0 Å². The largest absolute Gasteiger partial charge is 0.327 e. The van der Waals surface area contributed by atoms with Crippen LogP contribution in [0.15, 0.2) is 12.2 Å². The maximum Gasteiger partial charge on any atom is 0.0890 e. The second kappa shape index (κ2) is 4.91. The molecule has 0 aromatic carbocycles. The zero-order valence-electron chi connectivity index (χ0n) is 9.49. The molecule has 0 amide bonds. The summed E-state index contributed by atoms with van der Waals surface area (Å²) in [5, 5.41) is 2.04. The quantitative estimate of drug-likeness (QED) is 0.699. The van der Waals surface area contributed by atoms with E-state index in [1.807, 2.05) is 12.0 Å². The van der Waals surface area contributed by atoms with Gasteiger partial charge in [-0.3, -0.25) is 4.84 Å². The lowest BCUT2D eigenvalue weighted by atomic mass is 9.89. The number of rotatable bonds is 3. The summed E-state index contributed by atoms with van der Waals surface area (Å²) in [4.78, 5) is 5.65. The molecule has 1 saturated heterocycles. The van der Waals surface area contributed by atoms with Gasteiger partial charge in [-0.2, -0.15) is 5.06 Å². The minimum atomic E-state index is 0.315. The highest BCUT2D eigenvalue weighted by Gasteiger charge is 2.30. The van der Waals surface area contributed by atoms with Gasteiger partial charge in [0.2, 0.25) is 0 Å². The molecular weight excluding hydrogens is 176 g/mol. The molecule has 0 radical (unpaired) electrons. The molecule has 0 bridgehead atoms. The number of nitrogens with two attached hydrogens (primary N) is 1. The number of piperidine rings is 1. The van der Waals surface area contributed by atoms with Crippen molar-refractivity contribution < 1.29 is 4.84 Å². The molecule has 3 unspecified atom stereocenters. The normalized spacial score (nSPS) is 34.4. The molecule has 1 aliphatic rings. The van der Waals surface area contributed by atoms with Crippen LogP contribution in [0.4, 0.5) is 0 Å². The minimum absolute atomic E-state index is 0.315. The van der Waals surface area contributed by atoms with Gasteiger partial charge in [0.1, 0.15) is 0 Å². The van der Waals surface area contributed by atoms with Crippen LogP contribution in [-0.4, -0.2) is 30.3 Å². The number of hydrogen-bond donors (Lipinski definition) is 1. The van der Waals surface area contributed by atoms with Gasteiger partial charge < -0.3 is 5.73 Å². The fourth-order valence-corrected chi connectivity index (χ4v) is 1.74. The van der Waals surface area contributed by atoms with Crippen molar-refractivity contribution in [3.05, 3.63) is 12.2 Å². The second-order valence-electron chi connectivity index (χ2n) is 4.42. The molecule has 0 spiro atoms. The molecule has 1 rings (SSSR count). The molecule has 1 heterocycles. The van der Waals surface area contributed by atoms with Crippen molar-refractivity contribution in [1.29, 1.82) is 0 Å². The summed E-state index contributed by atoms with van der Waals surface area (Å²) < 4.78 is 0. The predicted molar refractivity (Wildman–Crippen MR) is 58.7 cm³/mol. The predicted octanol–water partition coefficient (Wildman–Crippen LogP) is 1.55.